The minimum Gasteiger partial charge on any atom is -0.486 e. The van der Waals surface area contributed by atoms with Crippen LogP contribution in [0.2, 0.25) is 5.02 Å². The molecule has 3 rings (SSSR count). The van der Waals surface area contributed by atoms with Gasteiger partial charge in [0.2, 0.25) is 5.91 Å². The molecule has 0 radical (unpaired) electrons. The van der Waals surface area contributed by atoms with Gasteiger partial charge in [-0.3, -0.25) is 9.78 Å². The highest BCUT2D eigenvalue weighted by molar-refractivity contribution is 6.32. The zero-order chi connectivity index (χ0) is 17.5. The molecule has 2 heterocycles. The van der Waals surface area contributed by atoms with Crippen molar-refractivity contribution in [1.29, 1.82) is 0 Å². The van der Waals surface area contributed by atoms with Gasteiger partial charge in [0.1, 0.15) is 12.4 Å². The van der Waals surface area contributed by atoms with E-state index in [1.54, 1.807) is 24.4 Å². The summed E-state index contributed by atoms with van der Waals surface area (Å²) in [5.41, 5.74) is 1.45. The summed E-state index contributed by atoms with van der Waals surface area (Å²) < 4.78 is 11.0. The lowest BCUT2D eigenvalue weighted by Crippen LogP contribution is -2.43. The number of nitrogens with zero attached hydrogens (tertiary/aromatic N) is 1. The number of rotatable bonds is 6. The second kappa shape index (κ2) is 8.80. The molecule has 0 spiro atoms. The van der Waals surface area contributed by atoms with Crippen LogP contribution in [0.4, 0.5) is 5.69 Å². The number of carbonyl (C=O) groups is 1. The maximum absolute atomic E-state index is 12.1. The normalized spacial score (nSPS) is 17.1. The van der Waals surface area contributed by atoms with Gasteiger partial charge in [-0.1, -0.05) is 17.7 Å². The highest BCUT2D eigenvalue weighted by Gasteiger charge is 2.17. The lowest BCUT2D eigenvalue weighted by molar-refractivity contribution is -0.117. The molecule has 1 aromatic carbocycles. The molecule has 1 aliphatic heterocycles. The maximum atomic E-state index is 12.1. The summed E-state index contributed by atoms with van der Waals surface area (Å²) in [6.07, 6.45) is 2.07. The number of amides is 1. The quantitative estimate of drug-likeness (QED) is 0.827. The van der Waals surface area contributed by atoms with Gasteiger partial charge in [-0.25, -0.2) is 0 Å². The molecule has 132 valence electrons. The highest BCUT2D eigenvalue weighted by atomic mass is 35.5. The molecule has 2 aromatic rings. The van der Waals surface area contributed by atoms with Gasteiger partial charge >= 0.3 is 0 Å². The van der Waals surface area contributed by atoms with E-state index in [2.05, 4.69) is 15.6 Å². The van der Waals surface area contributed by atoms with E-state index in [4.69, 9.17) is 21.1 Å². The van der Waals surface area contributed by atoms with E-state index < -0.39 is 0 Å². The van der Waals surface area contributed by atoms with Crippen molar-refractivity contribution in [3.8, 4) is 5.75 Å². The zero-order valence-electron chi connectivity index (χ0n) is 13.7. The lowest BCUT2D eigenvalue weighted by Gasteiger charge is -2.23. The van der Waals surface area contributed by atoms with E-state index >= 15 is 0 Å². The fourth-order valence-corrected chi connectivity index (χ4v) is 2.75. The monoisotopic (exact) mass is 361 g/mol. The van der Waals surface area contributed by atoms with Gasteiger partial charge < -0.3 is 20.1 Å². The molecule has 6 nitrogen and oxygen atoms in total. The second-order valence-electron chi connectivity index (χ2n) is 5.73. The summed E-state index contributed by atoms with van der Waals surface area (Å²) in [6.45, 7) is 2.34. The summed E-state index contributed by atoms with van der Waals surface area (Å²) in [5, 5.41) is 6.53. The van der Waals surface area contributed by atoms with Crippen molar-refractivity contribution in [2.45, 2.75) is 19.1 Å². The van der Waals surface area contributed by atoms with Crippen LogP contribution in [0.5, 0.6) is 5.75 Å². The molecular weight excluding hydrogens is 342 g/mol. The van der Waals surface area contributed by atoms with Gasteiger partial charge in [-0.05, 0) is 30.3 Å². The van der Waals surface area contributed by atoms with E-state index in [0.717, 1.165) is 12.2 Å². The number of nitrogens with one attached hydrogen (secondary N) is 2. The summed E-state index contributed by atoms with van der Waals surface area (Å²) in [7, 11) is 0. The second-order valence-corrected chi connectivity index (χ2v) is 6.14. The first-order valence-corrected chi connectivity index (χ1v) is 8.52. The van der Waals surface area contributed by atoms with Gasteiger partial charge in [0, 0.05) is 30.9 Å². The minimum atomic E-state index is -0.0822. The van der Waals surface area contributed by atoms with Crippen molar-refractivity contribution in [1.82, 2.24) is 10.3 Å². The molecule has 1 atom stereocenters. The van der Waals surface area contributed by atoms with Gasteiger partial charge in [0.25, 0.3) is 0 Å². The number of anilines is 1. The summed E-state index contributed by atoms with van der Waals surface area (Å²) in [6, 6.07) is 10.9. The molecule has 1 aromatic heterocycles. The molecule has 2 N–H and O–H groups in total. The van der Waals surface area contributed by atoms with Gasteiger partial charge in [0.05, 0.1) is 23.9 Å². The minimum absolute atomic E-state index is 0.0465. The molecule has 25 heavy (non-hydrogen) atoms. The topological polar surface area (TPSA) is 72.5 Å². The molecule has 1 unspecified atom stereocenters. The van der Waals surface area contributed by atoms with Crippen LogP contribution in [0.15, 0.2) is 42.6 Å². The van der Waals surface area contributed by atoms with Crippen molar-refractivity contribution in [3.05, 3.63) is 53.3 Å². The Balaban J connectivity index is 1.53. The molecule has 1 aliphatic rings. The van der Waals surface area contributed by atoms with Crippen LogP contribution in [-0.4, -0.2) is 36.7 Å². The van der Waals surface area contributed by atoms with E-state index in [9.17, 15) is 4.79 Å². The summed E-state index contributed by atoms with van der Waals surface area (Å²) in [5.74, 6) is 0.467. The Morgan fingerprint density at radius 2 is 2.32 bits per heavy atom. The van der Waals surface area contributed by atoms with E-state index in [-0.39, 0.29) is 11.9 Å². The molecule has 1 saturated heterocycles. The van der Waals surface area contributed by atoms with Crippen molar-refractivity contribution in [2.75, 3.05) is 25.1 Å². The SMILES string of the molecule is O=C(CC1COCCN1)Nc1ccc(OCc2ccccn2)c(Cl)c1. The number of hydrogen-bond acceptors (Lipinski definition) is 5. The number of morpholine rings is 1. The molecule has 7 heteroatoms. The standard InChI is InChI=1S/C18H20ClN3O3/c19-16-9-13(22-18(23)10-15-11-24-8-7-21-15)4-5-17(16)25-12-14-3-1-2-6-20-14/h1-6,9,15,21H,7-8,10-12H2,(H,22,23). The van der Waals surface area contributed by atoms with E-state index in [1.807, 2.05) is 18.2 Å². The smallest absolute Gasteiger partial charge is 0.226 e. The Bertz CT molecular complexity index is 706. The lowest BCUT2D eigenvalue weighted by atomic mass is 10.2. The molecular formula is C18H20ClN3O3. The zero-order valence-corrected chi connectivity index (χ0v) is 14.5. The maximum Gasteiger partial charge on any atom is 0.226 e. The Kier molecular flexibility index (Phi) is 6.22. The first kappa shape index (κ1) is 17.7. The van der Waals surface area contributed by atoms with Crippen molar-refractivity contribution in [2.24, 2.45) is 0 Å². The first-order valence-electron chi connectivity index (χ1n) is 8.14. The third-order valence-corrected chi connectivity index (χ3v) is 4.04. The average Bonchev–Trinajstić information content (AvgIpc) is 2.63. The van der Waals surface area contributed by atoms with Crippen LogP contribution in [0.25, 0.3) is 0 Å². The molecule has 1 fully saturated rings. The number of pyridine rings is 1. The molecule has 1 amide bonds. The fraction of sp³-hybridized carbons (Fsp3) is 0.333. The van der Waals surface area contributed by atoms with Crippen LogP contribution >= 0.6 is 11.6 Å². The van der Waals surface area contributed by atoms with Crippen LogP contribution in [0, 0.1) is 0 Å². The number of hydrogen-bond donors (Lipinski definition) is 2. The Morgan fingerprint density at radius 1 is 1.40 bits per heavy atom. The van der Waals surface area contributed by atoms with Crippen LogP contribution in [0.3, 0.4) is 0 Å². The van der Waals surface area contributed by atoms with Crippen molar-refractivity contribution >= 4 is 23.2 Å². The number of benzene rings is 1. The van der Waals surface area contributed by atoms with Crippen LogP contribution in [-0.2, 0) is 16.1 Å². The van der Waals surface area contributed by atoms with Crippen LogP contribution < -0.4 is 15.4 Å². The molecule has 0 saturated carbocycles. The van der Waals surface area contributed by atoms with Crippen molar-refractivity contribution in [3.63, 3.8) is 0 Å². The third kappa shape index (κ3) is 5.42. The highest BCUT2D eigenvalue weighted by Crippen LogP contribution is 2.28. The third-order valence-electron chi connectivity index (χ3n) is 3.75. The summed E-state index contributed by atoms with van der Waals surface area (Å²) in [4.78, 5) is 16.3. The predicted octanol–water partition coefficient (Wildman–Crippen LogP) is 2.63. The predicted molar refractivity (Wildman–Crippen MR) is 95.9 cm³/mol. The van der Waals surface area contributed by atoms with E-state index in [1.165, 1.54) is 0 Å². The molecule has 0 bridgehead atoms. The van der Waals surface area contributed by atoms with Crippen LogP contribution in [0.1, 0.15) is 12.1 Å². The van der Waals surface area contributed by atoms with Gasteiger partial charge in [-0.15, -0.1) is 0 Å². The summed E-state index contributed by atoms with van der Waals surface area (Å²) >= 11 is 6.24. The Hall–Kier alpha value is -2.15. The van der Waals surface area contributed by atoms with Gasteiger partial charge in [-0.2, -0.15) is 0 Å². The average molecular weight is 362 g/mol. The molecule has 0 aliphatic carbocycles. The first-order chi connectivity index (χ1) is 12.2. The van der Waals surface area contributed by atoms with E-state index in [0.29, 0.717) is 42.7 Å². The Labute approximate surface area is 151 Å². The Morgan fingerprint density at radius 3 is 3.04 bits per heavy atom. The number of halogens is 1. The van der Waals surface area contributed by atoms with Gasteiger partial charge in [0.15, 0.2) is 0 Å². The number of ether oxygens (including phenoxy) is 2. The number of carbonyl (C=O) groups excluding carboxylic acids is 1. The van der Waals surface area contributed by atoms with Crippen molar-refractivity contribution < 1.29 is 14.3 Å². The largest absolute Gasteiger partial charge is 0.486 e. The number of aromatic nitrogens is 1. The fourth-order valence-electron chi connectivity index (χ4n) is 2.52.